The van der Waals surface area contributed by atoms with E-state index in [2.05, 4.69) is 27.6 Å². The molecule has 1 aliphatic rings. The van der Waals surface area contributed by atoms with Gasteiger partial charge in [-0.25, -0.2) is 10.8 Å². The molecular weight excluding hydrogens is 238 g/mol. The lowest BCUT2D eigenvalue weighted by Crippen LogP contribution is -2.38. The van der Waals surface area contributed by atoms with Crippen LogP contribution in [0.3, 0.4) is 0 Å². The monoisotopic (exact) mass is 263 g/mol. The third kappa shape index (κ3) is 4.36. The van der Waals surface area contributed by atoms with Gasteiger partial charge in [0, 0.05) is 37.1 Å². The van der Waals surface area contributed by atoms with Crippen LogP contribution >= 0.6 is 0 Å². The second kappa shape index (κ2) is 7.31. The average molecular weight is 263 g/mol. The summed E-state index contributed by atoms with van der Waals surface area (Å²) in [6.45, 7) is 5.77. The van der Waals surface area contributed by atoms with E-state index in [4.69, 9.17) is 5.84 Å². The molecule has 106 valence electrons. The van der Waals surface area contributed by atoms with E-state index >= 15 is 0 Å². The zero-order chi connectivity index (χ0) is 13.5. The van der Waals surface area contributed by atoms with Gasteiger partial charge in [0.2, 0.25) is 0 Å². The zero-order valence-electron chi connectivity index (χ0n) is 11.7. The van der Waals surface area contributed by atoms with Gasteiger partial charge >= 0.3 is 0 Å². The van der Waals surface area contributed by atoms with Crippen molar-refractivity contribution in [3.05, 3.63) is 18.3 Å². The molecule has 1 atom stereocenters. The quantitative estimate of drug-likeness (QED) is 0.416. The number of nitrogens with one attached hydrogen (secondary N) is 2. The Kier molecular flexibility index (Phi) is 5.42. The first-order chi connectivity index (χ1) is 9.29. The van der Waals surface area contributed by atoms with Crippen molar-refractivity contribution in [3.63, 3.8) is 0 Å². The number of piperidine rings is 1. The second-order valence-corrected chi connectivity index (χ2v) is 5.24. The van der Waals surface area contributed by atoms with Crippen LogP contribution < -0.4 is 16.6 Å². The first-order valence-corrected chi connectivity index (χ1v) is 7.20. The summed E-state index contributed by atoms with van der Waals surface area (Å²) in [5, 5.41) is 3.41. The van der Waals surface area contributed by atoms with Crippen LogP contribution in [0.4, 0.5) is 11.5 Å². The molecule has 1 unspecified atom stereocenters. The minimum absolute atomic E-state index is 0.689. The minimum atomic E-state index is 0.689. The summed E-state index contributed by atoms with van der Waals surface area (Å²) in [5.41, 5.74) is 3.62. The normalized spacial score (nSPS) is 20.2. The van der Waals surface area contributed by atoms with Crippen LogP contribution in [-0.4, -0.2) is 35.6 Å². The molecule has 0 aliphatic carbocycles. The third-order valence-electron chi connectivity index (χ3n) is 3.80. The van der Waals surface area contributed by atoms with Crippen LogP contribution in [0.1, 0.15) is 32.6 Å². The number of hydrogen-bond acceptors (Lipinski definition) is 5. The molecule has 1 aromatic rings. The predicted molar refractivity (Wildman–Crippen MR) is 80.0 cm³/mol. The fourth-order valence-corrected chi connectivity index (χ4v) is 2.62. The highest BCUT2D eigenvalue weighted by molar-refractivity contribution is 5.51. The Morgan fingerprint density at radius 3 is 3.16 bits per heavy atom. The molecule has 0 aromatic carbocycles. The van der Waals surface area contributed by atoms with E-state index < -0.39 is 0 Å². The molecule has 19 heavy (non-hydrogen) atoms. The summed E-state index contributed by atoms with van der Waals surface area (Å²) in [5.74, 6) is 6.03. The van der Waals surface area contributed by atoms with Crippen LogP contribution in [0.25, 0.3) is 0 Å². The number of pyridine rings is 1. The zero-order valence-corrected chi connectivity index (χ0v) is 11.7. The van der Waals surface area contributed by atoms with Crippen molar-refractivity contribution in [3.8, 4) is 0 Å². The molecule has 4 N–H and O–H groups in total. The maximum Gasteiger partial charge on any atom is 0.141 e. The van der Waals surface area contributed by atoms with Crippen LogP contribution in [0.5, 0.6) is 0 Å². The Hall–Kier alpha value is -1.33. The molecule has 0 saturated carbocycles. The highest BCUT2D eigenvalue weighted by atomic mass is 15.2. The van der Waals surface area contributed by atoms with Crippen molar-refractivity contribution in [1.29, 1.82) is 0 Å². The van der Waals surface area contributed by atoms with Gasteiger partial charge in [-0.1, -0.05) is 6.42 Å². The first kappa shape index (κ1) is 14.1. The summed E-state index contributed by atoms with van der Waals surface area (Å²) in [6, 6.07) is 4.64. The van der Waals surface area contributed by atoms with Gasteiger partial charge in [-0.3, -0.25) is 0 Å². The van der Waals surface area contributed by atoms with Crippen LogP contribution in [0.15, 0.2) is 18.3 Å². The molecule has 1 aromatic heterocycles. The number of nitrogen functional groups attached to an aromatic ring is 1. The van der Waals surface area contributed by atoms with Gasteiger partial charge in [0.25, 0.3) is 0 Å². The number of nitrogens with zero attached hydrogens (tertiary/aromatic N) is 2. The molecule has 5 heteroatoms. The van der Waals surface area contributed by atoms with Crippen molar-refractivity contribution >= 4 is 11.5 Å². The Balaban J connectivity index is 1.68. The van der Waals surface area contributed by atoms with E-state index in [-0.39, 0.29) is 0 Å². The molecule has 0 spiro atoms. The molecular formula is C14H25N5. The fourth-order valence-electron chi connectivity index (χ4n) is 2.62. The number of hydrogen-bond donors (Lipinski definition) is 3. The molecule has 5 nitrogen and oxygen atoms in total. The van der Waals surface area contributed by atoms with Crippen molar-refractivity contribution < 1.29 is 0 Å². The largest absolute Gasteiger partial charge is 0.385 e. The van der Waals surface area contributed by atoms with E-state index in [9.17, 15) is 0 Å². The molecule has 0 amide bonds. The van der Waals surface area contributed by atoms with Gasteiger partial charge in [-0.2, -0.15) is 0 Å². The van der Waals surface area contributed by atoms with Gasteiger partial charge in [-0.15, -0.1) is 0 Å². The summed E-state index contributed by atoms with van der Waals surface area (Å²) < 4.78 is 0. The Labute approximate surface area is 115 Å². The predicted octanol–water partition coefficient (Wildman–Crippen LogP) is 2.04. The molecule has 1 fully saturated rings. The van der Waals surface area contributed by atoms with Gasteiger partial charge in [0.05, 0.1) is 0 Å². The van der Waals surface area contributed by atoms with Gasteiger partial charge in [0.15, 0.2) is 0 Å². The molecule has 2 heterocycles. The molecule has 1 aliphatic heterocycles. The van der Waals surface area contributed by atoms with Crippen LogP contribution in [0, 0.1) is 0 Å². The van der Waals surface area contributed by atoms with Crippen LogP contribution in [-0.2, 0) is 0 Å². The van der Waals surface area contributed by atoms with Crippen molar-refractivity contribution in [2.75, 3.05) is 30.4 Å². The second-order valence-electron chi connectivity index (χ2n) is 5.24. The molecule has 1 saturated heterocycles. The van der Waals surface area contributed by atoms with Crippen molar-refractivity contribution in [2.45, 2.75) is 38.6 Å². The maximum atomic E-state index is 5.34. The van der Waals surface area contributed by atoms with Crippen molar-refractivity contribution in [2.24, 2.45) is 5.84 Å². The number of anilines is 2. The third-order valence-corrected chi connectivity index (χ3v) is 3.80. The fraction of sp³-hybridized carbons (Fsp3) is 0.643. The average Bonchev–Trinajstić information content (AvgIpc) is 2.45. The van der Waals surface area contributed by atoms with E-state index in [0.29, 0.717) is 5.82 Å². The smallest absolute Gasteiger partial charge is 0.141 e. The summed E-state index contributed by atoms with van der Waals surface area (Å²) in [4.78, 5) is 6.69. The van der Waals surface area contributed by atoms with Gasteiger partial charge in [-0.05, 0) is 38.8 Å². The van der Waals surface area contributed by atoms with Gasteiger partial charge < -0.3 is 15.6 Å². The summed E-state index contributed by atoms with van der Waals surface area (Å²) >= 11 is 0. The standard InChI is InChI=1S/C14H25N5/c1-12-5-2-3-9-19(12)10-4-7-16-13-6-8-17-14(11-13)18-15/h6,8,11-12H,2-5,7,9-10,15H2,1H3,(H2,16,17,18). The molecule has 0 bridgehead atoms. The van der Waals surface area contributed by atoms with E-state index in [1.165, 1.54) is 32.4 Å². The van der Waals surface area contributed by atoms with E-state index in [0.717, 1.165) is 24.7 Å². The molecule has 2 rings (SSSR count). The molecule has 0 radical (unpaired) electrons. The number of likely N-dealkylation sites (tertiary alicyclic amines) is 1. The van der Waals surface area contributed by atoms with Crippen molar-refractivity contribution in [1.82, 2.24) is 9.88 Å². The topological polar surface area (TPSA) is 66.2 Å². The lowest BCUT2D eigenvalue weighted by Gasteiger charge is -2.33. The number of aromatic nitrogens is 1. The summed E-state index contributed by atoms with van der Waals surface area (Å²) in [6.07, 6.45) is 7.01. The van der Waals surface area contributed by atoms with Gasteiger partial charge in [0.1, 0.15) is 5.82 Å². The SMILES string of the molecule is CC1CCCCN1CCCNc1ccnc(NN)c1. The Morgan fingerprint density at radius 1 is 1.47 bits per heavy atom. The van der Waals surface area contributed by atoms with E-state index in [1.807, 2.05) is 12.1 Å². The lowest BCUT2D eigenvalue weighted by molar-refractivity contribution is 0.160. The lowest BCUT2D eigenvalue weighted by atomic mass is 10.0. The minimum Gasteiger partial charge on any atom is -0.385 e. The first-order valence-electron chi connectivity index (χ1n) is 7.20. The highest BCUT2D eigenvalue weighted by Gasteiger charge is 2.16. The summed E-state index contributed by atoms with van der Waals surface area (Å²) in [7, 11) is 0. The Bertz CT molecular complexity index is 382. The maximum absolute atomic E-state index is 5.34. The number of nitrogens with two attached hydrogens (primary N) is 1. The van der Waals surface area contributed by atoms with Crippen LogP contribution in [0.2, 0.25) is 0 Å². The highest BCUT2D eigenvalue weighted by Crippen LogP contribution is 2.16. The van der Waals surface area contributed by atoms with E-state index in [1.54, 1.807) is 6.20 Å². The number of hydrazine groups is 1. The Morgan fingerprint density at radius 2 is 2.37 bits per heavy atom. The number of rotatable bonds is 6.